The molecule has 1 rings (SSSR count). The van der Waals surface area contributed by atoms with Gasteiger partial charge in [-0.15, -0.1) is 0 Å². The fourth-order valence-electron chi connectivity index (χ4n) is 1.00. The van der Waals surface area contributed by atoms with Crippen molar-refractivity contribution in [2.75, 3.05) is 23.9 Å². The molecule has 1 N–H and O–H groups in total. The van der Waals surface area contributed by atoms with Gasteiger partial charge in [-0.05, 0) is 34.1 Å². The highest BCUT2D eigenvalue weighted by Crippen LogP contribution is 2.25. The van der Waals surface area contributed by atoms with E-state index in [0.29, 0.717) is 6.54 Å². The first-order valence-corrected chi connectivity index (χ1v) is 7.90. The number of rotatable bonds is 4. The Balaban J connectivity index is 2.61. The Bertz CT molecular complexity index is 445. The van der Waals surface area contributed by atoms with Crippen LogP contribution >= 0.6 is 31.9 Å². The monoisotopic (exact) mass is 355 g/mol. The molecule has 0 fully saturated rings. The smallest absolute Gasteiger partial charge is 0.149 e. The largest absolute Gasteiger partial charge is 0.383 e. The molecule has 84 valence electrons. The van der Waals surface area contributed by atoms with Crippen LogP contribution in [-0.2, 0) is 9.84 Å². The molecule has 1 aromatic rings. The van der Waals surface area contributed by atoms with Gasteiger partial charge in [0.1, 0.15) is 9.84 Å². The molecule has 0 saturated heterocycles. The molecule has 1 aromatic carbocycles. The van der Waals surface area contributed by atoms with E-state index in [2.05, 4.69) is 37.2 Å². The van der Waals surface area contributed by atoms with Gasteiger partial charge in [-0.3, -0.25) is 0 Å². The third kappa shape index (κ3) is 4.99. The lowest BCUT2D eigenvalue weighted by Gasteiger charge is -2.08. The van der Waals surface area contributed by atoms with Crippen LogP contribution in [-0.4, -0.2) is 27.0 Å². The minimum Gasteiger partial charge on any atom is -0.383 e. The average Bonchev–Trinajstić information content (AvgIpc) is 2.09. The molecule has 0 radical (unpaired) electrons. The second-order valence-corrected chi connectivity index (χ2v) is 7.21. The molecule has 0 unspecified atom stereocenters. The highest BCUT2D eigenvalue weighted by molar-refractivity contribution is 9.11. The highest BCUT2D eigenvalue weighted by Gasteiger charge is 2.03. The average molecular weight is 357 g/mol. The molecule has 0 atom stereocenters. The predicted molar refractivity (Wildman–Crippen MR) is 70.0 cm³/mol. The van der Waals surface area contributed by atoms with Crippen LogP contribution in [0.4, 0.5) is 5.69 Å². The van der Waals surface area contributed by atoms with Crippen molar-refractivity contribution in [3.8, 4) is 0 Å². The van der Waals surface area contributed by atoms with Gasteiger partial charge in [0.15, 0.2) is 0 Å². The van der Waals surface area contributed by atoms with Crippen molar-refractivity contribution in [2.24, 2.45) is 0 Å². The normalized spacial score (nSPS) is 11.4. The maximum Gasteiger partial charge on any atom is 0.149 e. The summed E-state index contributed by atoms with van der Waals surface area (Å²) in [6, 6.07) is 5.70. The number of halogens is 2. The molecule has 0 amide bonds. The van der Waals surface area contributed by atoms with Crippen LogP contribution in [0.15, 0.2) is 27.1 Å². The van der Waals surface area contributed by atoms with Gasteiger partial charge in [0.05, 0.1) is 5.75 Å². The van der Waals surface area contributed by atoms with Gasteiger partial charge in [0, 0.05) is 27.4 Å². The van der Waals surface area contributed by atoms with Gasteiger partial charge in [0.25, 0.3) is 0 Å². The lowest BCUT2D eigenvalue weighted by Crippen LogP contribution is -2.14. The molecule has 0 saturated carbocycles. The fraction of sp³-hybridized carbons (Fsp3) is 0.333. The Kier molecular flexibility index (Phi) is 4.61. The summed E-state index contributed by atoms with van der Waals surface area (Å²) in [5.41, 5.74) is 0.882. The molecule has 3 nitrogen and oxygen atoms in total. The van der Waals surface area contributed by atoms with Gasteiger partial charge < -0.3 is 5.32 Å². The first kappa shape index (κ1) is 13.0. The van der Waals surface area contributed by atoms with E-state index in [1.807, 2.05) is 18.2 Å². The van der Waals surface area contributed by atoms with E-state index in [0.717, 1.165) is 14.6 Å². The molecule has 6 heteroatoms. The summed E-state index contributed by atoms with van der Waals surface area (Å²) in [5.74, 6) is 0.131. The van der Waals surface area contributed by atoms with Gasteiger partial charge >= 0.3 is 0 Å². The number of hydrogen-bond donors (Lipinski definition) is 1. The Labute approximate surface area is 106 Å². The van der Waals surface area contributed by atoms with Crippen LogP contribution < -0.4 is 5.32 Å². The number of nitrogens with one attached hydrogen (secondary N) is 1. The topological polar surface area (TPSA) is 46.2 Å². The molecule has 0 bridgehead atoms. The summed E-state index contributed by atoms with van der Waals surface area (Å²) in [5, 5.41) is 3.05. The van der Waals surface area contributed by atoms with Crippen molar-refractivity contribution < 1.29 is 8.42 Å². The molecule has 0 heterocycles. The maximum atomic E-state index is 10.9. The summed E-state index contributed by atoms with van der Waals surface area (Å²) in [6.07, 6.45) is 1.23. The van der Waals surface area contributed by atoms with E-state index in [9.17, 15) is 8.42 Å². The summed E-state index contributed by atoms with van der Waals surface area (Å²) >= 11 is 6.73. The van der Waals surface area contributed by atoms with Crippen molar-refractivity contribution in [1.29, 1.82) is 0 Å². The number of anilines is 1. The minimum absolute atomic E-state index is 0.131. The van der Waals surface area contributed by atoms with Crippen LogP contribution in [0.25, 0.3) is 0 Å². The Morgan fingerprint density at radius 3 is 2.60 bits per heavy atom. The SMILES string of the molecule is CS(=O)(=O)CCNc1cc(Br)ccc1Br. The summed E-state index contributed by atoms with van der Waals surface area (Å²) in [4.78, 5) is 0. The fourth-order valence-corrected chi connectivity index (χ4v) is 2.22. The number of hydrogen-bond acceptors (Lipinski definition) is 3. The Morgan fingerprint density at radius 2 is 2.00 bits per heavy atom. The summed E-state index contributed by atoms with van der Waals surface area (Å²) in [6.45, 7) is 0.411. The predicted octanol–water partition coefficient (Wildman–Crippen LogP) is 2.67. The zero-order valence-electron chi connectivity index (χ0n) is 8.13. The Hall–Kier alpha value is -0.0700. The zero-order chi connectivity index (χ0) is 11.5. The third-order valence-corrected chi connectivity index (χ3v) is 3.85. The molecular weight excluding hydrogens is 346 g/mol. The van der Waals surface area contributed by atoms with Crippen molar-refractivity contribution in [3.05, 3.63) is 27.1 Å². The van der Waals surface area contributed by atoms with Crippen molar-refractivity contribution in [1.82, 2.24) is 0 Å². The quantitative estimate of drug-likeness (QED) is 0.902. The van der Waals surface area contributed by atoms with E-state index in [-0.39, 0.29) is 5.75 Å². The van der Waals surface area contributed by atoms with Gasteiger partial charge in [-0.2, -0.15) is 0 Å². The van der Waals surface area contributed by atoms with Crippen molar-refractivity contribution in [2.45, 2.75) is 0 Å². The molecule has 0 aliphatic heterocycles. The van der Waals surface area contributed by atoms with Crippen LogP contribution in [0.1, 0.15) is 0 Å². The standard InChI is InChI=1S/C9H11Br2NO2S/c1-15(13,14)5-4-12-9-6-7(10)2-3-8(9)11/h2-3,6,12H,4-5H2,1H3. The molecule has 0 aliphatic carbocycles. The lowest BCUT2D eigenvalue weighted by molar-refractivity contribution is 0.602. The van der Waals surface area contributed by atoms with E-state index in [1.54, 1.807) is 0 Å². The van der Waals surface area contributed by atoms with Crippen molar-refractivity contribution in [3.63, 3.8) is 0 Å². The van der Waals surface area contributed by atoms with Crippen LogP contribution in [0.3, 0.4) is 0 Å². The first-order valence-electron chi connectivity index (χ1n) is 4.25. The first-order chi connectivity index (χ1) is 6.88. The van der Waals surface area contributed by atoms with Crippen LogP contribution in [0.2, 0.25) is 0 Å². The van der Waals surface area contributed by atoms with Crippen LogP contribution in [0.5, 0.6) is 0 Å². The molecule has 0 aliphatic rings. The number of benzene rings is 1. The molecule has 0 spiro atoms. The number of sulfone groups is 1. The summed E-state index contributed by atoms with van der Waals surface area (Å²) in [7, 11) is -2.91. The summed E-state index contributed by atoms with van der Waals surface area (Å²) < 4.78 is 23.7. The van der Waals surface area contributed by atoms with Crippen molar-refractivity contribution >= 4 is 47.4 Å². The molecule has 15 heavy (non-hydrogen) atoms. The Morgan fingerprint density at radius 1 is 1.33 bits per heavy atom. The highest BCUT2D eigenvalue weighted by atomic mass is 79.9. The third-order valence-electron chi connectivity index (χ3n) is 1.72. The minimum atomic E-state index is -2.91. The lowest BCUT2D eigenvalue weighted by atomic mass is 10.3. The van der Waals surface area contributed by atoms with E-state index < -0.39 is 9.84 Å². The van der Waals surface area contributed by atoms with Gasteiger partial charge in [-0.25, -0.2) is 8.42 Å². The van der Waals surface area contributed by atoms with Crippen LogP contribution in [0, 0.1) is 0 Å². The van der Waals surface area contributed by atoms with E-state index in [1.165, 1.54) is 6.26 Å². The maximum absolute atomic E-state index is 10.9. The second kappa shape index (κ2) is 5.32. The molecular formula is C9H11Br2NO2S. The second-order valence-electron chi connectivity index (χ2n) is 3.18. The van der Waals surface area contributed by atoms with E-state index >= 15 is 0 Å². The zero-order valence-corrected chi connectivity index (χ0v) is 12.1. The van der Waals surface area contributed by atoms with E-state index in [4.69, 9.17) is 0 Å². The van der Waals surface area contributed by atoms with Gasteiger partial charge in [0.2, 0.25) is 0 Å². The molecule has 0 aromatic heterocycles. The van der Waals surface area contributed by atoms with Gasteiger partial charge in [-0.1, -0.05) is 15.9 Å².